The van der Waals surface area contributed by atoms with Gasteiger partial charge < -0.3 is 4.74 Å². The number of alkyl carbamates (subject to hydrolysis) is 1. The summed E-state index contributed by atoms with van der Waals surface area (Å²) in [5.74, 6) is -0.656. The summed E-state index contributed by atoms with van der Waals surface area (Å²) in [7, 11) is 0. The summed E-state index contributed by atoms with van der Waals surface area (Å²) in [6, 6.07) is 4.92. The van der Waals surface area contributed by atoms with Gasteiger partial charge in [-0.15, -0.1) is 0 Å². The molecule has 7 nitrogen and oxygen atoms in total. The third kappa shape index (κ3) is 4.74. The average Bonchev–Trinajstić information content (AvgIpc) is 2.39. The molecule has 102 valence electrons. The molecular weight excluding hydrogens is 252 g/mol. The van der Waals surface area contributed by atoms with E-state index in [1.807, 2.05) is 12.2 Å². The van der Waals surface area contributed by atoms with Gasteiger partial charge in [-0.25, -0.2) is 4.79 Å². The van der Waals surface area contributed by atoms with Gasteiger partial charge in [0.2, 0.25) is 0 Å². The average molecular weight is 266 g/mol. The molecule has 0 bridgehead atoms. The Labute approximate surface area is 109 Å². The molecule has 0 aliphatic carbocycles. The molecule has 0 heterocycles. The fourth-order valence-electron chi connectivity index (χ4n) is 1.24. The minimum Gasteiger partial charge on any atom is -0.449 e. The molecule has 0 saturated carbocycles. The molecule has 1 aromatic carbocycles. The van der Waals surface area contributed by atoms with Gasteiger partial charge in [0, 0.05) is 17.7 Å². The number of nitro groups is 1. The summed E-state index contributed by atoms with van der Waals surface area (Å²) >= 11 is 0. The predicted molar refractivity (Wildman–Crippen MR) is 66.8 cm³/mol. The largest absolute Gasteiger partial charge is 0.449 e. The third-order valence-electron chi connectivity index (χ3n) is 2.29. The van der Waals surface area contributed by atoms with Gasteiger partial charge in [0.15, 0.2) is 0 Å². The Hall–Kier alpha value is -2.44. The van der Waals surface area contributed by atoms with Crippen LogP contribution in [-0.4, -0.2) is 23.5 Å². The molecule has 0 aliphatic heterocycles. The lowest BCUT2D eigenvalue weighted by molar-refractivity contribution is -0.384. The van der Waals surface area contributed by atoms with E-state index in [1.54, 1.807) is 0 Å². The van der Waals surface area contributed by atoms with E-state index in [0.29, 0.717) is 0 Å². The topological polar surface area (TPSA) is 98.5 Å². The number of amides is 2. The summed E-state index contributed by atoms with van der Waals surface area (Å²) < 4.78 is 4.76. The Morgan fingerprint density at radius 1 is 1.32 bits per heavy atom. The van der Waals surface area contributed by atoms with Gasteiger partial charge in [0.05, 0.1) is 11.5 Å². The highest BCUT2D eigenvalue weighted by Crippen LogP contribution is 2.11. The number of unbranched alkanes of at least 4 members (excludes halogenated alkanes) is 1. The van der Waals surface area contributed by atoms with E-state index >= 15 is 0 Å². The number of nitro benzene ring substituents is 1. The molecule has 7 heteroatoms. The number of imide groups is 1. The zero-order chi connectivity index (χ0) is 14.3. The van der Waals surface area contributed by atoms with Crippen LogP contribution in [0, 0.1) is 10.1 Å². The molecule has 1 N–H and O–H groups in total. The van der Waals surface area contributed by atoms with E-state index in [4.69, 9.17) is 4.74 Å². The number of benzene rings is 1. The number of carbonyl (C=O) groups excluding carboxylic acids is 2. The van der Waals surface area contributed by atoms with Gasteiger partial charge >= 0.3 is 6.09 Å². The number of nitrogens with zero attached hydrogens (tertiary/aromatic N) is 1. The van der Waals surface area contributed by atoms with E-state index in [0.717, 1.165) is 12.8 Å². The smallest absolute Gasteiger partial charge is 0.414 e. The first-order valence-electron chi connectivity index (χ1n) is 5.77. The van der Waals surface area contributed by atoms with E-state index < -0.39 is 16.9 Å². The number of hydrogen-bond donors (Lipinski definition) is 1. The second-order valence-corrected chi connectivity index (χ2v) is 3.75. The summed E-state index contributed by atoms with van der Waals surface area (Å²) in [6.07, 6.45) is 0.778. The van der Waals surface area contributed by atoms with Crippen LogP contribution in [0.1, 0.15) is 30.1 Å². The first-order valence-corrected chi connectivity index (χ1v) is 5.77. The lowest BCUT2D eigenvalue weighted by atomic mass is 10.2. The Morgan fingerprint density at radius 3 is 2.47 bits per heavy atom. The molecule has 1 rings (SSSR count). The van der Waals surface area contributed by atoms with Crippen LogP contribution in [0.4, 0.5) is 10.5 Å². The first-order chi connectivity index (χ1) is 9.04. The van der Waals surface area contributed by atoms with Crippen LogP contribution in [0.5, 0.6) is 0 Å². The first kappa shape index (κ1) is 14.6. The van der Waals surface area contributed by atoms with Crippen molar-refractivity contribution in [3.63, 3.8) is 0 Å². The van der Waals surface area contributed by atoms with Crippen LogP contribution in [0.2, 0.25) is 0 Å². The zero-order valence-electron chi connectivity index (χ0n) is 10.4. The molecule has 0 fully saturated rings. The van der Waals surface area contributed by atoms with E-state index in [9.17, 15) is 19.7 Å². The highest BCUT2D eigenvalue weighted by atomic mass is 16.6. The quantitative estimate of drug-likeness (QED) is 0.500. The Kier molecular flexibility index (Phi) is 5.46. The fourth-order valence-corrected chi connectivity index (χ4v) is 1.24. The Bertz CT molecular complexity index is 470. The predicted octanol–water partition coefficient (Wildman–Crippen LogP) is 2.26. The van der Waals surface area contributed by atoms with E-state index in [2.05, 4.69) is 0 Å². The second-order valence-electron chi connectivity index (χ2n) is 3.75. The molecular formula is C12H14N2O5. The number of carbonyl (C=O) groups is 2. The van der Waals surface area contributed by atoms with Crippen LogP contribution in [0.25, 0.3) is 0 Å². The fraction of sp³-hybridized carbons (Fsp3) is 0.333. The van der Waals surface area contributed by atoms with Crippen molar-refractivity contribution >= 4 is 17.7 Å². The van der Waals surface area contributed by atoms with Crippen molar-refractivity contribution in [2.75, 3.05) is 6.61 Å². The maximum atomic E-state index is 11.6. The number of non-ortho nitro benzene ring substituents is 1. The summed E-state index contributed by atoms with van der Waals surface area (Å²) in [5, 5.41) is 12.5. The van der Waals surface area contributed by atoms with Crippen LogP contribution < -0.4 is 5.32 Å². The summed E-state index contributed by atoms with van der Waals surface area (Å²) in [4.78, 5) is 32.7. The number of nitrogens with one attached hydrogen (secondary N) is 1. The van der Waals surface area contributed by atoms with Crippen LogP contribution in [0.15, 0.2) is 24.3 Å². The third-order valence-corrected chi connectivity index (χ3v) is 2.29. The van der Waals surface area contributed by atoms with Crippen molar-refractivity contribution in [3.8, 4) is 0 Å². The molecule has 1 aromatic rings. The second kappa shape index (κ2) is 7.10. The van der Waals surface area contributed by atoms with Crippen LogP contribution in [0.3, 0.4) is 0 Å². The molecule has 0 atom stereocenters. The van der Waals surface area contributed by atoms with Crippen molar-refractivity contribution in [1.29, 1.82) is 0 Å². The molecule has 0 spiro atoms. The zero-order valence-corrected chi connectivity index (χ0v) is 10.4. The molecule has 0 aromatic heterocycles. The van der Waals surface area contributed by atoms with Gasteiger partial charge in [0.1, 0.15) is 0 Å². The lowest BCUT2D eigenvalue weighted by Gasteiger charge is -2.05. The van der Waals surface area contributed by atoms with E-state index in [1.165, 1.54) is 24.3 Å². The molecule has 2 amide bonds. The summed E-state index contributed by atoms with van der Waals surface area (Å²) in [5.41, 5.74) is 0.0279. The molecule has 0 aliphatic rings. The van der Waals surface area contributed by atoms with Crippen molar-refractivity contribution in [2.24, 2.45) is 0 Å². The highest BCUT2D eigenvalue weighted by Gasteiger charge is 2.12. The van der Waals surface area contributed by atoms with Gasteiger partial charge in [0.25, 0.3) is 11.6 Å². The van der Waals surface area contributed by atoms with Gasteiger partial charge in [-0.05, 0) is 18.6 Å². The standard InChI is InChI=1S/C12H14N2O5/c1-2-3-8-19-12(16)13-11(15)9-4-6-10(7-5-9)14(17)18/h4-7H,2-3,8H2,1H3,(H,13,15,16). The van der Waals surface area contributed by atoms with Crippen molar-refractivity contribution in [1.82, 2.24) is 5.32 Å². The lowest BCUT2D eigenvalue weighted by Crippen LogP contribution is -2.31. The van der Waals surface area contributed by atoms with Crippen molar-refractivity contribution < 1.29 is 19.2 Å². The Morgan fingerprint density at radius 2 is 1.95 bits per heavy atom. The van der Waals surface area contributed by atoms with Gasteiger partial charge in [-0.3, -0.25) is 20.2 Å². The number of ether oxygens (including phenoxy) is 1. The normalized spacial score (nSPS) is 9.74. The Balaban J connectivity index is 2.53. The maximum Gasteiger partial charge on any atom is 0.414 e. The van der Waals surface area contributed by atoms with Crippen molar-refractivity contribution in [3.05, 3.63) is 39.9 Å². The minimum atomic E-state index is -0.822. The molecule has 0 unspecified atom stereocenters. The maximum absolute atomic E-state index is 11.6. The molecule has 0 saturated heterocycles. The van der Waals surface area contributed by atoms with E-state index in [-0.39, 0.29) is 17.9 Å². The number of hydrogen-bond acceptors (Lipinski definition) is 5. The van der Waals surface area contributed by atoms with Crippen LogP contribution in [-0.2, 0) is 4.74 Å². The minimum absolute atomic E-state index is 0.123. The number of rotatable bonds is 5. The monoisotopic (exact) mass is 266 g/mol. The van der Waals surface area contributed by atoms with Gasteiger partial charge in [-0.2, -0.15) is 0 Å². The highest BCUT2D eigenvalue weighted by molar-refractivity contribution is 6.02. The SMILES string of the molecule is CCCCOC(=O)NC(=O)c1ccc([N+](=O)[O-])cc1. The van der Waals surface area contributed by atoms with Gasteiger partial charge in [-0.1, -0.05) is 13.3 Å². The summed E-state index contributed by atoms with van der Waals surface area (Å²) in [6.45, 7) is 2.19. The van der Waals surface area contributed by atoms with Crippen molar-refractivity contribution in [2.45, 2.75) is 19.8 Å². The molecule has 19 heavy (non-hydrogen) atoms. The molecule has 0 radical (unpaired) electrons. The van der Waals surface area contributed by atoms with Crippen LogP contribution >= 0.6 is 0 Å².